The lowest BCUT2D eigenvalue weighted by atomic mass is 10.1. The van der Waals surface area contributed by atoms with Crippen molar-refractivity contribution in [3.8, 4) is 11.8 Å². The summed E-state index contributed by atoms with van der Waals surface area (Å²) in [6.45, 7) is -0.808. The average molecular weight is 331 g/mol. The Morgan fingerprint density at radius 2 is 1.88 bits per heavy atom. The van der Waals surface area contributed by atoms with Crippen LogP contribution in [0.1, 0.15) is 5.56 Å². The molecule has 0 aliphatic rings. The lowest BCUT2D eigenvalue weighted by Gasteiger charge is -2.05. The van der Waals surface area contributed by atoms with Gasteiger partial charge in [0.1, 0.15) is 17.4 Å². The zero-order chi connectivity index (χ0) is 17.9. The van der Waals surface area contributed by atoms with E-state index < -0.39 is 18.5 Å². The number of nitriles is 1. The van der Waals surface area contributed by atoms with Crippen molar-refractivity contribution >= 4 is 23.9 Å². The highest BCUT2D eigenvalue weighted by Crippen LogP contribution is 2.14. The van der Waals surface area contributed by atoms with E-state index in [4.69, 9.17) is 14.7 Å². The first kappa shape index (κ1) is 18.7. The molecule has 0 bridgehead atoms. The maximum Gasteiger partial charge on any atom is 0.349 e. The van der Waals surface area contributed by atoms with Crippen LogP contribution in [0.25, 0.3) is 6.08 Å². The van der Waals surface area contributed by atoms with Crippen molar-refractivity contribution in [2.24, 2.45) is 0 Å². The number of carbonyl (C=O) groups excluding carboxylic acids is 3. The Morgan fingerprint density at radius 1 is 1.21 bits per heavy atom. The molecule has 1 aromatic carbocycles. The first-order chi connectivity index (χ1) is 11.5. The molecule has 0 atom stereocenters. The van der Waals surface area contributed by atoms with Gasteiger partial charge in [0.15, 0.2) is 6.61 Å². The van der Waals surface area contributed by atoms with Gasteiger partial charge in [-0.2, -0.15) is 5.26 Å². The van der Waals surface area contributed by atoms with Gasteiger partial charge in [-0.25, -0.2) is 4.79 Å². The van der Waals surface area contributed by atoms with E-state index in [1.54, 1.807) is 30.3 Å². The van der Waals surface area contributed by atoms with Crippen LogP contribution in [0.3, 0.4) is 0 Å². The summed E-state index contributed by atoms with van der Waals surface area (Å²) < 4.78 is 9.75. The fraction of sp³-hybridized carbons (Fsp3) is 0.250. The SMILES string of the molecule is CNC(=O)CNC(=O)COC(=O)/C(C#N)=C/c1ccc(OC)cc1. The van der Waals surface area contributed by atoms with Crippen LogP contribution in [0.4, 0.5) is 0 Å². The van der Waals surface area contributed by atoms with Crippen LogP contribution in [0.15, 0.2) is 29.8 Å². The first-order valence-corrected chi connectivity index (χ1v) is 6.90. The van der Waals surface area contributed by atoms with E-state index in [-0.39, 0.29) is 18.0 Å². The quantitative estimate of drug-likeness (QED) is 0.413. The molecule has 8 heteroatoms. The molecule has 2 amide bonds. The fourth-order valence-corrected chi connectivity index (χ4v) is 1.53. The summed E-state index contributed by atoms with van der Waals surface area (Å²) in [5.74, 6) is -1.31. The number of amides is 2. The molecule has 2 N–H and O–H groups in total. The number of methoxy groups -OCH3 is 1. The molecule has 0 aliphatic carbocycles. The summed E-state index contributed by atoms with van der Waals surface area (Å²) >= 11 is 0. The lowest BCUT2D eigenvalue weighted by Crippen LogP contribution is -2.37. The van der Waals surface area contributed by atoms with E-state index in [9.17, 15) is 14.4 Å². The molecule has 0 unspecified atom stereocenters. The zero-order valence-electron chi connectivity index (χ0n) is 13.3. The van der Waals surface area contributed by atoms with Gasteiger partial charge in [-0.05, 0) is 23.8 Å². The number of nitrogens with zero attached hydrogens (tertiary/aromatic N) is 1. The number of benzene rings is 1. The summed E-state index contributed by atoms with van der Waals surface area (Å²) in [6, 6.07) is 8.41. The van der Waals surface area contributed by atoms with E-state index in [0.717, 1.165) is 0 Å². The highest BCUT2D eigenvalue weighted by molar-refractivity contribution is 5.99. The Kier molecular flexibility index (Phi) is 7.51. The summed E-state index contributed by atoms with van der Waals surface area (Å²) in [5.41, 5.74) is 0.354. The highest BCUT2D eigenvalue weighted by Gasteiger charge is 2.13. The number of esters is 1. The summed E-state index contributed by atoms with van der Waals surface area (Å²) in [7, 11) is 2.95. The second-order valence-electron chi connectivity index (χ2n) is 4.47. The van der Waals surface area contributed by atoms with Crippen molar-refractivity contribution in [2.75, 3.05) is 27.3 Å². The van der Waals surface area contributed by atoms with Gasteiger partial charge in [-0.3, -0.25) is 9.59 Å². The van der Waals surface area contributed by atoms with Crippen molar-refractivity contribution in [1.29, 1.82) is 5.26 Å². The van der Waals surface area contributed by atoms with Crippen LogP contribution in [-0.2, 0) is 19.1 Å². The standard InChI is InChI=1S/C16H17N3O5/c1-18-14(20)9-19-15(21)10-24-16(22)12(8-17)7-11-3-5-13(23-2)6-4-11/h3-7H,9-10H2,1-2H3,(H,18,20)(H,19,21)/b12-7+. The van der Waals surface area contributed by atoms with Gasteiger partial charge in [-0.1, -0.05) is 12.1 Å². The molecular weight excluding hydrogens is 314 g/mol. The predicted molar refractivity (Wildman–Crippen MR) is 84.6 cm³/mol. The molecule has 24 heavy (non-hydrogen) atoms. The number of nitrogens with one attached hydrogen (secondary N) is 2. The smallest absolute Gasteiger partial charge is 0.349 e. The summed E-state index contributed by atoms with van der Waals surface area (Å²) in [6.07, 6.45) is 1.34. The van der Waals surface area contributed by atoms with Gasteiger partial charge in [0.2, 0.25) is 5.91 Å². The van der Waals surface area contributed by atoms with Crippen molar-refractivity contribution in [3.05, 3.63) is 35.4 Å². The number of rotatable bonds is 7. The third kappa shape index (κ3) is 6.19. The number of hydrogen-bond donors (Lipinski definition) is 2. The summed E-state index contributed by atoms with van der Waals surface area (Å²) in [5, 5.41) is 13.6. The van der Waals surface area contributed by atoms with Crippen LogP contribution in [0, 0.1) is 11.3 Å². The molecule has 0 heterocycles. The maximum atomic E-state index is 11.8. The predicted octanol–water partition coefficient (Wildman–Crippen LogP) is 0.00758. The highest BCUT2D eigenvalue weighted by atomic mass is 16.5. The molecule has 0 spiro atoms. The monoisotopic (exact) mass is 331 g/mol. The molecule has 0 aliphatic heterocycles. The zero-order valence-corrected chi connectivity index (χ0v) is 13.3. The maximum absolute atomic E-state index is 11.8. The second kappa shape index (κ2) is 9.63. The van der Waals surface area contributed by atoms with Crippen LogP contribution in [0.2, 0.25) is 0 Å². The van der Waals surface area contributed by atoms with Gasteiger partial charge in [0, 0.05) is 7.05 Å². The van der Waals surface area contributed by atoms with Crippen molar-refractivity contribution < 1.29 is 23.9 Å². The van der Waals surface area contributed by atoms with E-state index in [0.29, 0.717) is 11.3 Å². The molecule has 8 nitrogen and oxygen atoms in total. The van der Waals surface area contributed by atoms with E-state index in [1.165, 1.54) is 20.2 Å². The van der Waals surface area contributed by atoms with Crippen molar-refractivity contribution in [2.45, 2.75) is 0 Å². The van der Waals surface area contributed by atoms with Gasteiger partial charge < -0.3 is 20.1 Å². The minimum atomic E-state index is -0.927. The third-order valence-electron chi connectivity index (χ3n) is 2.83. The summed E-state index contributed by atoms with van der Waals surface area (Å²) in [4.78, 5) is 34.2. The topological polar surface area (TPSA) is 118 Å². The average Bonchev–Trinajstić information content (AvgIpc) is 2.62. The van der Waals surface area contributed by atoms with Gasteiger partial charge >= 0.3 is 5.97 Å². The Labute approximate surface area is 139 Å². The Balaban J connectivity index is 2.60. The molecule has 0 aromatic heterocycles. The van der Waals surface area contributed by atoms with Crippen LogP contribution >= 0.6 is 0 Å². The van der Waals surface area contributed by atoms with Gasteiger partial charge in [-0.15, -0.1) is 0 Å². The molecule has 0 saturated carbocycles. The molecule has 126 valence electrons. The van der Waals surface area contributed by atoms with Crippen molar-refractivity contribution in [1.82, 2.24) is 10.6 Å². The molecule has 1 rings (SSSR count). The first-order valence-electron chi connectivity index (χ1n) is 6.90. The largest absolute Gasteiger partial charge is 0.497 e. The Bertz CT molecular complexity index is 674. The van der Waals surface area contributed by atoms with Crippen LogP contribution < -0.4 is 15.4 Å². The van der Waals surface area contributed by atoms with Gasteiger partial charge in [0.25, 0.3) is 5.91 Å². The van der Waals surface area contributed by atoms with Gasteiger partial charge in [0.05, 0.1) is 13.7 Å². The second-order valence-corrected chi connectivity index (χ2v) is 4.47. The molecule has 0 radical (unpaired) electrons. The van der Waals surface area contributed by atoms with E-state index >= 15 is 0 Å². The number of hydrogen-bond acceptors (Lipinski definition) is 6. The molecule has 1 aromatic rings. The van der Waals surface area contributed by atoms with Crippen LogP contribution in [-0.4, -0.2) is 45.1 Å². The number of likely N-dealkylation sites (N-methyl/N-ethyl adjacent to an activating group) is 1. The molecule has 0 saturated heterocycles. The van der Waals surface area contributed by atoms with E-state index in [2.05, 4.69) is 10.6 Å². The number of ether oxygens (including phenoxy) is 2. The molecular formula is C16H17N3O5. The number of carbonyl (C=O) groups is 3. The van der Waals surface area contributed by atoms with Crippen molar-refractivity contribution in [3.63, 3.8) is 0 Å². The Hall–Kier alpha value is -3.34. The minimum Gasteiger partial charge on any atom is -0.497 e. The minimum absolute atomic E-state index is 0.223. The lowest BCUT2D eigenvalue weighted by molar-refractivity contribution is -0.144. The molecule has 0 fully saturated rings. The Morgan fingerprint density at radius 3 is 2.42 bits per heavy atom. The van der Waals surface area contributed by atoms with E-state index in [1.807, 2.05) is 0 Å². The normalized spacial score (nSPS) is 10.3. The third-order valence-corrected chi connectivity index (χ3v) is 2.83. The fourth-order valence-electron chi connectivity index (χ4n) is 1.53. The van der Waals surface area contributed by atoms with Crippen LogP contribution in [0.5, 0.6) is 5.75 Å².